The largest absolute Gasteiger partial charge is 0.462 e. The van der Waals surface area contributed by atoms with Gasteiger partial charge in [0.2, 0.25) is 0 Å². The first-order chi connectivity index (χ1) is 14.5. The second-order valence-corrected chi connectivity index (χ2v) is 7.43. The number of hydrogen-bond donors (Lipinski definition) is 0. The molecule has 0 N–H and O–H groups in total. The van der Waals surface area contributed by atoms with E-state index >= 15 is 0 Å². The second-order valence-electron chi connectivity index (χ2n) is 7.43. The number of hydrogen-bond acceptors (Lipinski definition) is 6. The summed E-state index contributed by atoms with van der Waals surface area (Å²) in [7, 11) is 0. The summed E-state index contributed by atoms with van der Waals surface area (Å²) in [6.07, 6.45) is 0.359. The lowest BCUT2D eigenvalue weighted by Crippen LogP contribution is -2.48. The minimum atomic E-state index is -0.420. The molecular weight excluding hydrogens is 382 g/mol. The highest BCUT2D eigenvalue weighted by Crippen LogP contribution is 2.26. The zero-order valence-corrected chi connectivity index (χ0v) is 17.5. The number of piperidine rings is 1. The third-order valence-corrected chi connectivity index (χ3v) is 5.11. The summed E-state index contributed by atoms with van der Waals surface area (Å²) in [5.74, 6) is -0.659. The fourth-order valence-corrected chi connectivity index (χ4v) is 3.79. The predicted octanol–water partition coefficient (Wildman–Crippen LogP) is 3.71. The van der Waals surface area contributed by atoms with Gasteiger partial charge in [-0.2, -0.15) is 0 Å². The van der Waals surface area contributed by atoms with Crippen LogP contribution in [0.1, 0.15) is 43.9 Å². The first-order valence-corrected chi connectivity index (χ1v) is 10.3. The molecule has 1 aliphatic heterocycles. The molecule has 0 amide bonds. The average molecular weight is 411 g/mol. The number of carbonyl (C=O) groups is 2. The van der Waals surface area contributed by atoms with E-state index in [1.54, 1.807) is 0 Å². The zero-order valence-electron chi connectivity index (χ0n) is 17.5. The zero-order chi connectivity index (χ0) is 21.3. The summed E-state index contributed by atoms with van der Waals surface area (Å²) in [6.45, 7) is 4.55. The van der Waals surface area contributed by atoms with Gasteiger partial charge in [-0.25, -0.2) is 0 Å². The number of likely N-dealkylation sites (tertiary alicyclic amines) is 1. The molecule has 0 radical (unpaired) electrons. The van der Waals surface area contributed by atoms with Gasteiger partial charge in [-0.05, 0) is 17.5 Å². The van der Waals surface area contributed by atoms with Gasteiger partial charge in [0.05, 0.1) is 6.61 Å². The molecule has 2 aromatic rings. The lowest BCUT2D eigenvalue weighted by atomic mass is 10.0. The SMILES string of the molecule is CC(=O)OC1CCN(CCOC(c2ccccc2)c2ccccc2)C(OC(C)=O)C1. The van der Waals surface area contributed by atoms with Crippen molar-refractivity contribution in [2.24, 2.45) is 0 Å². The summed E-state index contributed by atoms with van der Waals surface area (Å²) >= 11 is 0. The number of ether oxygens (including phenoxy) is 3. The molecule has 1 heterocycles. The molecule has 0 aromatic heterocycles. The maximum atomic E-state index is 11.6. The molecule has 2 unspecified atom stereocenters. The van der Waals surface area contributed by atoms with Gasteiger partial charge in [0.1, 0.15) is 12.2 Å². The molecule has 2 atom stereocenters. The van der Waals surface area contributed by atoms with E-state index in [0.717, 1.165) is 11.1 Å². The topological polar surface area (TPSA) is 65.1 Å². The van der Waals surface area contributed by atoms with Crippen molar-refractivity contribution in [1.82, 2.24) is 4.90 Å². The lowest BCUT2D eigenvalue weighted by Gasteiger charge is -2.38. The van der Waals surface area contributed by atoms with Crippen LogP contribution in [0.2, 0.25) is 0 Å². The first kappa shape index (κ1) is 22.0. The first-order valence-electron chi connectivity index (χ1n) is 10.3. The number of benzene rings is 2. The van der Waals surface area contributed by atoms with Crippen molar-refractivity contribution >= 4 is 11.9 Å². The Morgan fingerprint density at radius 3 is 2.03 bits per heavy atom. The molecule has 0 saturated carbocycles. The van der Waals surface area contributed by atoms with Crippen LogP contribution in [-0.2, 0) is 23.8 Å². The van der Waals surface area contributed by atoms with E-state index in [-0.39, 0.29) is 24.1 Å². The maximum Gasteiger partial charge on any atom is 0.304 e. The third-order valence-electron chi connectivity index (χ3n) is 5.11. The van der Waals surface area contributed by atoms with Crippen molar-refractivity contribution in [2.75, 3.05) is 19.7 Å². The Hall–Kier alpha value is -2.70. The van der Waals surface area contributed by atoms with Gasteiger partial charge in [0.25, 0.3) is 0 Å². The molecule has 30 heavy (non-hydrogen) atoms. The molecule has 6 heteroatoms. The van der Waals surface area contributed by atoms with E-state index in [0.29, 0.717) is 32.5 Å². The van der Waals surface area contributed by atoms with Gasteiger partial charge in [0, 0.05) is 33.4 Å². The standard InChI is InChI=1S/C24H29NO5/c1-18(26)29-22-13-14-25(23(17-22)30-19(2)27)15-16-28-24(20-9-5-3-6-10-20)21-11-7-4-8-12-21/h3-12,22-24H,13-17H2,1-2H3. The molecule has 1 aliphatic rings. The minimum Gasteiger partial charge on any atom is -0.462 e. The van der Waals surface area contributed by atoms with Crippen molar-refractivity contribution in [1.29, 1.82) is 0 Å². The molecular formula is C24H29NO5. The van der Waals surface area contributed by atoms with Crippen LogP contribution in [-0.4, -0.2) is 48.9 Å². The summed E-state index contributed by atoms with van der Waals surface area (Å²) in [5.41, 5.74) is 2.18. The average Bonchev–Trinajstić information content (AvgIpc) is 2.73. The predicted molar refractivity (Wildman–Crippen MR) is 113 cm³/mol. The van der Waals surface area contributed by atoms with Crippen LogP contribution in [0.15, 0.2) is 60.7 Å². The smallest absolute Gasteiger partial charge is 0.304 e. The molecule has 6 nitrogen and oxygen atoms in total. The van der Waals surface area contributed by atoms with Crippen molar-refractivity contribution < 1.29 is 23.8 Å². The van der Waals surface area contributed by atoms with E-state index < -0.39 is 6.23 Å². The molecule has 0 bridgehead atoms. The molecule has 0 spiro atoms. The molecule has 1 saturated heterocycles. The van der Waals surface area contributed by atoms with E-state index in [2.05, 4.69) is 29.2 Å². The quantitative estimate of drug-likeness (QED) is 0.617. The fraction of sp³-hybridized carbons (Fsp3) is 0.417. The van der Waals surface area contributed by atoms with E-state index in [9.17, 15) is 9.59 Å². The number of rotatable bonds is 8. The summed E-state index contributed by atoms with van der Waals surface area (Å²) in [5, 5.41) is 0. The monoisotopic (exact) mass is 411 g/mol. The highest BCUT2D eigenvalue weighted by molar-refractivity contribution is 5.66. The van der Waals surface area contributed by atoms with Crippen molar-refractivity contribution in [2.45, 2.75) is 45.1 Å². The Morgan fingerprint density at radius 1 is 0.933 bits per heavy atom. The van der Waals surface area contributed by atoms with Crippen LogP contribution >= 0.6 is 0 Å². The Balaban J connectivity index is 1.63. The van der Waals surface area contributed by atoms with Gasteiger partial charge >= 0.3 is 11.9 Å². The van der Waals surface area contributed by atoms with Gasteiger partial charge in [0.15, 0.2) is 6.23 Å². The second kappa shape index (κ2) is 10.9. The summed E-state index contributed by atoms with van der Waals surface area (Å²) in [6, 6.07) is 20.2. The van der Waals surface area contributed by atoms with Crippen LogP contribution in [0.3, 0.4) is 0 Å². The molecule has 1 fully saturated rings. The Kier molecular flexibility index (Phi) is 7.99. The molecule has 2 aromatic carbocycles. The normalized spacial score (nSPS) is 19.4. The van der Waals surface area contributed by atoms with Crippen molar-refractivity contribution in [3.8, 4) is 0 Å². The van der Waals surface area contributed by atoms with Gasteiger partial charge < -0.3 is 14.2 Å². The number of nitrogens with zero attached hydrogens (tertiary/aromatic N) is 1. The van der Waals surface area contributed by atoms with Crippen LogP contribution < -0.4 is 0 Å². The molecule has 3 rings (SSSR count). The maximum absolute atomic E-state index is 11.6. The van der Waals surface area contributed by atoms with Crippen LogP contribution in [0, 0.1) is 0 Å². The van der Waals surface area contributed by atoms with Crippen LogP contribution in [0.5, 0.6) is 0 Å². The Bertz CT molecular complexity index is 771. The molecule has 0 aliphatic carbocycles. The van der Waals surface area contributed by atoms with E-state index in [1.165, 1.54) is 13.8 Å². The number of esters is 2. The van der Waals surface area contributed by atoms with Crippen molar-refractivity contribution in [3.05, 3.63) is 71.8 Å². The van der Waals surface area contributed by atoms with Crippen LogP contribution in [0.25, 0.3) is 0 Å². The number of carbonyl (C=O) groups excluding carboxylic acids is 2. The molecule has 160 valence electrons. The van der Waals surface area contributed by atoms with Crippen molar-refractivity contribution in [3.63, 3.8) is 0 Å². The Labute approximate surface area is 177 Å². The summed E-state index contributed by atoms with van der Waals surface area (Å²) < 4.78 is 17.1. The highest BCUT2D eigenvalue weighted by atomic mass is 16.6. The van der Waals surface area contributed by atoms with Gasteiger partial charge in [-0.3, -0.25) is 14.5 Å². The van der Waals surface area contributed by atoms with E-state index in [4.69, 9.17) is 14.2 Å². The van der Waals surface area contributed by atoms with Gasteiger partial charge in [-0.15, -0.1) is 0 Å². The lowest BCUT2D eigenvalue weighted by molar-refractivity contribution is -0.172. The van der Waals surface area contributed by atoms with Gasteiger partial charge in [-0.1, -0.05) is 60.7 Å². The van der Waals surface area contributed by atoms with E-state index in [1.807, 2.05) is 36.4 Å². The fourth-order valence-electron chi connectivity index (χ4n) is 3.79. The minimum absolute atomic E-state index is 0.168. The summed E-state index contributed by atoms with van der Waals surface area (Å²) in [4.78, 5) is 24.9. The third kappa shape index (κ3) is 6.40. The Morgan fingerprint density at radius 2 is 1.50 bits per heavy atom. The highest BCUT2D eigenvalue weighted by Gasteiger charge is 2.32. The van der Waals surface area contributed by atoms with Crippen LogP contribution in [0.4, 0.5) is 0 Å².